The lowest BCUT2D eigenvalue weighted by Gasteiger charge is -2.28. The minimum Gasteiger partial charge on any atom is -0.507 e. The summed E-state index contributed by atoms with van der Waals surface area (Å²) in [5.74, 6) is -0.242. The highest BCUT2D eigenvalue weighted by atomic mass is 35.5. The number of ether oxygens (including phenoxy) is 1. The number of phenolic OH excluding ortho intramolecular Hbond substituents is 1. The molecule has 2 aromatic rings. The average Bonchev–Trinajstić information content (AvgIpc) is 2.64. The van der Waals surface area contributed by atoms with Gasteiger partial charge in [0.25, 0.3) is 11.8 Å². The van der Waals surface area contributed by atoms with E-state index in [1.807, 2.05) is 0 Å². The van der Waals surface area contributed by atoms with Crippen LogP contribution in [0.15, 0.2) is 47.6 Å². The van der Waals surface area contributed by atoms with Gasteiger partial charge in [0, 0.05) is 10.6 Å². The number of rotatable bonds is 4. The van der Waals surface area contributed by atoms with E-state index in [4.69, 9.17) is 16.3 Å². The fourth-order valence-electron chi connectivity index (χ4n) is 2.51. The van der Waals surface area contributed by atoms with Gasteiger partial charge in [0.2, 0.25) is 0 Å². The summed E-state index contributed by atoms with van der Waals surface area (Å²) in [4.78, 5) is 25.6. The van der Waals surface area contributed by atoms with Crippen molar-refractivity contribution in [2.45, 2.75) is 6.92 Å². The summed E-state index contributed by atoms with van der Waals surface area (Å²) in [7, 11) is 0. The lowest BCUT2D eigenvalue weighted by atomic mass is 10.1. The first-order valence-corrected chi connectivity index (χ1v) is 8.17. The molecule has 0 atom stereocenters. The van der Waals surface area contributed by atoms with Crippen LogP contribution in [0.25, 0.3) is 0 Å². The highest BCUT2D eigenvalue weighted by molar-refractivity contribution is 6.31. The van der Waals surface area contributed by atoms with Crippen molar-refractivity contribution in [3.63, 3.8) is 0 Å². The molecule has 26 heavy (non-hydrogen) atoms. The Kier molecular flexibility index (Phi) is 5.09. The highest BCUT2D eigenvalue weighted by Gasteiger charge is 2.26. The van der Waals surface area contributed by atoms with Crippen molar-refractivity contribution in [2.24, 2.45) is 5.10 Å². The van der Waals surface area contributed by atoms with E-state index in [2.05, 4.69) is 10.5 Å². The zero-order chi connectivity index (χ0) is 18.7. The summed E-state index contributed by atoms with van der Waals surface area (Å²) in [6, 6.07) is 11.5. The summed E-state index contributed by atoms with van der Waals surface area (Å²) in [5.41, 5.74) is 3.71. The molecule has 0 spiro atoms. The summed E-state index contributed by atoms with van der Waals surface area (Å²) >= 11 is 5.91. The third-order valence-electron chi connectivity index (χ3n) is 3.81. The van der Waals surface area contributed by atoms with E-state index in [0.29, 0.717) is 27.7 Å². The number of fused-ring (bicyclic) bond motifs is 1. The van der Waals surface area contributed by atoms with Crippen LogP contribution in [0.4, 0.5) is 5.69 Å². The summed E-state index contributed by atoms with van der Waals surface area (Å²) in [5, 5.41) is 14.3. The Morgan fingerprint density at radius 1 is 1.35 bits per heavy atom. The van der Waals surface area contributed by atoms with Gasteiger partial charge < -0.3 is 9.84 Å². The van der Waals surface area contributed by atoms with Gasteiger partial charge in [-0.05, 0) is 37.3 Å². The van der Waals surface area contributed by atoms with Crippen molar-refractivity contribution in [3.8, 4) is 11.5 Å². The smallest absolute Gasteiger partial charge is 0.265 e. The molecule has 1 heterocycles. The van der Waals surface area contributed by atoms with E-state index >= 15 is 0 Å². The number of benzene rings is 2. The maximum absolute atomic E-state index is 12.2. The molecule has 2 N–H and O–H groups in total. The summed E-state index contributed by atoms with van der Waals surface area (Å²) in [6.45, 7) is 1.31. The van der Waals surface area contributed by atoms with Crippen LogP contribution in [-0.4, -0.2) is 35.8 Å². The van der Waals surface area contributed by atoms with Crippen molar-refractivity contribution < 1.29 is 19.4 Å². The fraction of sp³-hybridized carbons (Fsp3) is 0.167. The van der Waals surface area contributed by atoms with E-state index < -0.39 is 5.91 Å². The van der Waals surface area contributed by atoms with Crippen molar-refractivity contribution >= 4 is 34.8 Å². The second-order valence-corrected chi connectivity index (χ2v) is 6.07. The normalized spacial score (nSPS) is 13.8. The first kappa shape index (κ1) is 17.8. The molecule has 1 aliphatic heterocycles. The molecule has 0 saturated carbocycles. The molecule has 8 heteroatoms. The second-order valence-electron chi connectivity index (χ2n) is 5.63. The van der Waals surface area contributed by atoms with Crippen LogP contribution >= 0.6 is 11.6 Å². The zero-order valence-corrected chi connectivity index (χ0v) is 14.7. The van der Waals surface area contributed by atoms with Gasteiger partial charge in [0.05, 0.1) is 11.4 Å². The summed E-state index contributed by atoms with van der Waals surface area (Å²) < 4.78 is 5.34. The van der Waals surface area contributed by atoms with Gasteiger partial charge >= 0.3 is 0 Å². The van der Waals surface area contributed by atoms with Crippen molar-refractivity contribution in [1.29, 1.82) is 0 Å². The van der Waals surface area contributed by atoms with Crippen molar-refractivity contribution in [1.82, 2.24) is 5.43 Å². The number of hydrogen-bond donors (Lipinski definition) is 2. The maximum atomic E-state index is 12.2. The molecular weight excluding hydrogens is 358 g/mol. The number of hydrazone groups is 1. The molecule has 0 bridgehead atoms. The van der Waals surface area contributed by atoms with E-state index in [1.54, 1.807) is 43.3 Å². The highest BCUT2D eigenvalue weighted by Crippen LogP contribution is 2.31. The van der Waals surface area contributed by atoms with E-state index in [0.717, 1.165) is 0 Å². The number of hydrogen-bond acceptors (Lipinski definition) is 5. The third-order valence-corrected chi connectivity index (χ3v) is 4.04. The Hall–Kier alpha value is -3.06. The van der Waals surface area contributed by atoms with Crippen molar-refractivity contribution in [3.05, 3.63) is 53.1 Å². The van der Waals surface area contributed by atoms with E-state index in [1.165, 1.54) is 11.0 Å². The van der Waals surface area contributed by atoms with Crippen LogP contribution in [0.1, 0.15) is 12.5 Å². The fourth-order valence-corrected chi connectivity index (χ4v) is 2.68. The second kappa shape index (κ2) is 7.45. The number of aromatic hydroxyl groups is 1. The largest absolute Gasteiger partial charge is 0.507 e. The van der Waals surface area contributed by atoms with Crippen molar-refractivity contribution in [2.75, 3.05) is 18.1 Å². The standard InChI is InChI=1S/C18H16ClN3O4/c1-11(13-8-12(19)6-7-15(13)23)20-21-17(24)9-22-14-4-2-3-5-16(14)26-10-18(22)25/h2-8,23H,9-10H2,1H3,(H,21,24)/b20-11+. The molecule has 0 radical (unpaired) electrons. The monoisotopic (exact) mass is 373 g/mol. The first-order valence-electron chi connectivity index (χ1n) is 7.80. The van der Waals surface area contributed by atoms with E-state index in [9.17, 15) is 14.7 Å². The molecule has 0 fully saturated rings. The number of halogens is 1. The number of para-hydroxylation sites is 2. The van der Waals surface area contributed by atoms with Crippen LogP contribution < -0.4 is 15.1 Å². The van der Waals surface area contributed by atoms with Crippen LogP contribution in [0.5, 0.6) is 11.5 Å². The quantitative estimate of drug-likeness (QED) is 0.635. The molecule has 0 unspecified atom stereocenters. The molecule has 7 nitrogen and oxygen atoms in total. The van der Waals surface area contributed by atoms with Crippen LogP contribution in [0.3, 0.4) is 0 Å². The number of anilines is 1. The number of nitrogens with zero attached hydrogens (tertiary/aromatic N) is 2. The van der Waals surface area contributed by atoms with Crippen LogP contribution in [-0.2, 0) is 9.59 Å². The zero-order valence-electron chi connectivity index (χ0n) is 13.9. The Labute approximate surface area is 154 Å². The van der Waals surface area contributed by atoms with Gasteiger partial charge in [-0.25, -0.2) is 5.43 Å². The average molecular weight is 374 g/mol. The first-order chi connectivity index (χ1) is 12.5. The Morgan fingerprint density at radius 3 is 2.92 bits per heavy atom. The Morgan fingerprint density at radius 2 is 2.12 bits per heavy atom. The number of phenols is 1. The Bertz CT molecular complexity index is 898. The van der Waals surface area contributed by atoms with Gasteiger partial charge in [-0.3, -0.25) is 14.5 Å². The topological polar surface area (TPSA) is 91.2 Å². The minimum atomic E-state index is -0.476. The molecule has 134 valence electrons. The predicted octanol–water partition coefficient (Wildman–Crippen LogP) is 2.31. The number of amides is 2. The SMILES string of the molecule is C/C(=N\NC(=O)CN1C(=O)COc2ccccc21)c1cc(Cl)ccc1O. The molecule has 0 aromatic heterocycles. The van der Waals surface area contributed by atoms with Crippen LogP contribution in [0, 0.1) is 0 Å². The predicted molar refractivity (Wildman–Crippen MR) is 97.8 cm³/mol. The van der Waals surface area contributed by atoms with Gasteiger partial charge in [-0.1, -0.05) is 23.7 Å². The molecular formula is C18H16ClN3O4. The number of nitrogens with one attached hydrogen (secondary N) is 1. The van der Waals surface area contributed by atoms with E-state index in [-0.39, 0.29) is 24.8 Å². The maximum Gasteiger partial charge on any atom is 0.265 e. The van der Waals surface area contributed by atoms with Gasteiger partial charge in [-0.15, -0.1) is 0 Å². The third kappa shape index (κ3) is 3.78. The molecule has 1 aliphatic rings. The number of carbonyl (C=O) groups is 2. The summed E-state index contributed by atoms with van der Waals surface area (Å²) in [6.07, 6.45) is 0. The lowest BCUT2D eigenvalue weighted by molar-refractivity contribution is -0.125. The Balaban J connectivity index is 1.71. The minimum absolute atomic E-state index is 0.00202. The molecule has 0 aliphatic carbocycles. The van der Waals surface area contributed by atoms with Gasteiger partial charge in [-0.2, -0.15) is 5.10 Å². The lowest BCUT2D eigenvalue weighted by Crippen LogP contribution is -2.44. The molecule has 3 rings (SSSR count). The van der Waals surface area contributed by atoms with Crippen LogP contribution in [0.2, 0.25) is 5.02 Å². The number of carbonyl (C=O) groups excluding carboxylic acids is 2. The molecule has 2 amide bonds. The van der Waals surface area contributed by atoms with Gasteiger partial charge in [0.15, 0.2) is 6.61 Å². The molecule has 0 saturated heterocycles. The molecule has 2 aromatic carbocycles. The van der Waals surface area contributed by atoms with Gasteiger partial charge in [0.1, 0.15) is 18.0 Å².